The number of alkyl halides is 3. The quantitative estimate of drug-likeness (QED) is 0.490. The van der Waals surface area contributed by atoms with E-state index in [1.54, 1.807) is 18.4 Å². The van der Waals surface area contributed by atoms with Crippen LogP contribution in [-0.4, -0.2) is 12.3 Å². The Labute approximate surface area is 143 Å². The van der Waals surface area contributed by atoms with Crippen LogP contribution < -0.4 is 4.74 Å². The molecule has 0 bridgehead atoms. The SMILES string of the molecule is FC(F)(F)C1C=Cc2cc3occ(-c4ccc(Br)cc4)c3cc2O1. The van der Waals surface area contributed by atoms with Gasteiger partial charge in [0.1, 0.15) is 11.3 Å². The van der Waals surface area contributed by atoms with Crippen LogP contribution in [-0.2, 0) is 0 Å². The van der Waals surface area contributed by atoms with E-state index in [1.165, 1.54) is 6.08 Å². The summed E-state index contributed by atoms with van der Waals surface area (Å²) in [6.07, 6.45) is -2.34. The Balaban J connectivity index is 1.81. The second-order valence-corrected chi connectivity index (χ2v) is 6.40. The molecule has 4 rings (SSSR count). The highest BCUT2D eigenvalue weighted by Gasteiger charge is 2.41. The summed E-state index contributed by atoms with van der Waals surface area (Å²) in [5.41, 5.74) is 2.89. The Kier molecular flexibility index (Phi) is 3.46. The first-order chi connectivity index (χ1) is 11.4. The predicted molar refractivity (Wildman–Crippen MR) is 88.9 cm³/mol. The summed E-state index contributed by atoms with van der Waals surface area (Å²) in [6, 6.07) is 10.9. The van der Waals surface area contributed by atoms with Gasteiger partial charge < -0.3 is 9.15 Å². The molecule has 2 heterocycles. The summed E-state index contributed by atoms with van der Waals surface area (Å²) in [7, 11) is 0. The van der Waals surface area contributed by atoms with Crippen LogP contribution in [0.5, 0.6) is 5.75 Å². The summed E-state index contributed by atoms with van der Waals surface area (Å²) in [5.74, 6) is 0.201. The standard InChI is InChI=1S/C18H10BrF3O2/c19-12-4-1-10(2-5-12)14-9-23-16-7-11-3-6-17(18(20,21)22)24-15(11)8-13(14)16/h1-9,17H. The molecule has 1 aliphatic rings. The Morgan fingerprint density at radius 1 is 1.04 bits per heavy atom. The molecule has 0 amide bonds. The van der Waals surface area contributed by atoms with Gasteiger partial charge in [0, 0.05) is 21.0 Å². The van der Waals surface area contributed by atoms with Gasteiger partial charge in [-0.2, -0.15) is 13.2 Å². The second-order valence-electron chi connectivity index (χ2n) is 5.48. The van der Waals surface area contributed by atoms with Crippen LogP contribution in [0.4, 0.5) is 13.2 Å². The number of hydrogen-bond acceptors (Lipinski definition) is 2. The van der Waals surface area contributed by atoms with Crippen molar-refractivity contribution in [2.24, 2.45) is 0 Å². The van der Waals surface area contributed by atoms with E-state index >= 15 is 0 Å². The first-order valence-electron chi connectivity index (χ1n) is 7.14. The maximum atomic E-state index is 12.9. The van der Waals surface area contributed by atoms with Gasteiger partial charge in [0.05, 0.1) is 6.26 Å². The lowest BCUT2D eigenvalue weighted by atomic mass is 10.0. The van der Waals surface area contributed by atoms with E-state index in [-0.39, 0.29) is 5.75 Å². The molecule has 1 atom stereocenters. The van der Waals surface area contributed by atoms with Crippen LogP contribution >= 0.6 is 15.9 Å². The van der Waals surface area contributed by atoms with Crippen molar-refractivity contribution in [1.29, 1.82) is 0 Å². The molecule has 0 saturated carbocycles. The highest BCUT2D eigenvalue weighted by Crippen LogP contribution is 2.39. The summed E-state index contributed by atoms with van der Waals surface area (Å²) < 4.78 is 50.3. The molecule has 6 heteroatoms. The van der Waals surface area contributed by atoms with Gasteiger partial charge in [0.15, 0.2) is 0 Å². The maximum Gasteiger partial charge on any atom is 0.429 e. The molecule has 0 spiro atoms. The number of hydrogen-bond donors (Lipinski definition) is 0. The van der Waals surface area contributed by atoms with Gasteiger partial charge in [-0.15, -0.1) is 0 Å². The van der Waals surface area contributed by atoms with Crippen molar-refractivity contribution in [3.05, 3.63) is 58.8 Å². The van der Waals surface area contributed by atoms with Crippen molar-refractivity contribution in [1.82, 2.24) is 0 Å². The molecule has 1 aliphatic heterocycles. The number of ether oxygens (including phenoxy) is 1. The van der Waals surface area contributed by atoms with Gasteiger partial charge in [-0.25, -0.2) is 0 Å². The van der Waals surface area contributed by atoms with E-state index in [2.05, 4.69) is 15.9 Å². The van der Waals surface area contributed by atoms with Gasteiger partial charge in [-0.3, -0.25) is 0 Å². The number of furan rings is 1. The Bertz CT molecular complexity index is 939. The molecule has 0 N–H and O–H groups in total. The summed E-state index contributed by atoms with van der Waals surface area (Å²) in [6.45, 7) is 0. The van der Waals surface area contributed by atoms with Crippen molar-refractivity contribution < 1.29 is 22.3 Å². The van der Waals surface area contributed by atoms with Crippen molar-refractivity contribution in [3.63, 3.8) is 0 Å². The van der Waals surface area contributed by atoms with Crippen LogP contribution in [0.25, 0.3) is 28.2 Å². The second kappa shape index (κ2) is 5.41. The predicted octanol–water partition coefficient (Wildman–Crippen LogP) is 6.20. The van der Waals surface area contributed by atoms with Gasteiger partial charge in [-0.1, -0.05) is 34.1 Å². The van der Waals surface area contributed by atoms with Crippen LogP contribution in [0.15, 0.2) is 57.6 Å². The normalized spacial score (nSPS) is 16.9. The minimum Gasteiger partial charge on any atom is -0.476 e. The lowest BCUT2D eigenvalue weighted by Crippen LogP contribution is -2.33. The molecule has 0 radical (unpaired) electrons. The zero-order valence-electron chi connectivity index (χ0n) is 12.1. The lowest BCUT2D eigenvalue weighted by molar-refractivity contribution is -0.180. The average molecular weight is 395 g/mol. The Hall–Kier alpha value is -2.21. The minimum atomic E-state index is -4.44. The smallest absolute Gasteiger partial charge is 0.429 e. The van der Waals surface area contributed by atoms with Gasteiger partial charge >= 0.3 is 6.18 Å². The average Bonchev–Trinajstić information content (AvgIpc) is 2.95. The van der Waals surface area contributed by atoms with Gasteiger partial charge in [-0.05, 0) is 35.9 Å². The summed E-state index contributed by atoms with van der Waals surface area (Å²) in [5, 5.41) is 0.715. The van der Waals surface area contributed by atoms with Crippen LogP contribution in [0.3, 0.4) is 0 Å². The highest BCUT2D eigenvalue weighted by atomic mass is 79.9. The fraction of sp³-hybridized carbons (Fsp3) is 0.111. The van der Waals surface area contributed by atoms with Crippen molar-refractivity contribution in [2.45, 2.75) is 12.3 Å². The fourth-order valence-electron chi connectivity index (χ4n) is 2.70. The molecule has 1 aromatic heterocycles. The third-order valence-corrected chi connectivity index (χ3v) is 4.42. The van der Waals surface area contributed by atoms with E-state index in [0.717, 1.165) is 21.7 Å². The fourth-order valence-corrected chi connectivity index (χ4v) is 2.96. The van der Waals surface area contributed by atoms with E-state index in [1.807, 2.05) is 24.3 Å². The van der Waals surface area contributed by atoms with E-state index in [4.69, 9.17) is 9.15 Å². The number of fused-ring (bicyclic) bond motifs is 2. The van der Waals surface area contributed by atoms with E-state index in [9.17, 15) is 13.2 Å². The van der Waals surface area contributed by atoms with Gasteiger partial charge in [0.2, 0.25) is 6.10 Å². The summed E-state index contributed by atoms with van der Waals surface area (Å²) in [4.78, 5) is 0. The van der Waals surface area contributed by atoms with Crippen molar-refractivity contribution in [2.75, 3.05) is 0 Å². The molecule has 122 valence electrons. The van der Waals surface area contributed by atoms with Crippen LogP contribution in [0, 0.1) is 0 Å². The molecule has 1 unspecified atom stereocenters. The molecule has 2 nitrogen and oxygen atoms in total. The largest absolute Gasteiger partial charge is 0.476 e. The zero-order valence-corrected chi connectivity index (χ0v) is 13.7. The molecular formula is C18H10BrF3O2. The Morgan fingerprint density at radius 3 is 2.50 bits per heavy atom. The molecule has 0 saturated heterocycles. The van der Waals surface area contributed by atoms with E-state index < -0.39 is 12.3 Å². The number of benzene rings is 2. The van der Waals surface area contributed by atoms with Crippen molar-refractivity contribution >= 4 is 33.0 Å². The molecule has 3 aromatic rings. The van der Waals surface area contributed by atoms with Crippen LogP contribution in [0.2, 0.25) is 0 Å². The zero-order chi connectivity index (χ0) is 16.9. The van der Waals surface area contributed by atoms with Crippen molar-refractivity contribution in [3.8, 4) is 16.9 Å². The topological polar surface area (TPSA) is 22.4 Å². The lowest BCUT2D eigenvalue weighted by Gasteiger charge is -2.23. The number of halogens is 4. The molecule has 0 fully saturated rings. The van der Waals surface area contributed by atoms with E-state index in [0.29, 0.717) is 16.5 Å². The monoisotopic (exact) mass is 394 g/mol. The minimum absolute atomic E-state index is 0.201. The van der Waals surface area contributed by atoms with Crippen LogP contribution in [0.1, 0.15) is 5.56 Å². The molecule has 24 heavy (non-hydrogen) atoms. The van der Waals surface area contributed by atoms with Gasteiger partial charge in [0.25, 0.3) is 0 Å². The first kappa shape index (κ1) is 15.3. The number of rotatable bonds is 1. The Morgan fingerprint density at radius 2 is 1.79 bits per heavy atom. The third kappa shape index (κ3) is 2.60. The highest BCUT2D eigenvalue weighted by molar-refractivity contribution is 9.10. The molecular weight excluding hydrogens is 385 g/mol. The maximum absolute atomic E-state index is 12.9. The molecule has 2 aromatic carbocycles. The summed E-state index contributed by atoms with van der Waals surface area (Å²) >= 11 is 3.38. The molecule has 0 aliphatic carbocycles. The third-order valence-electron chi connectivity index (χ3n) is 3.89. The first-order valence-corrected chi connectivity index (χ1v) is 7.94.